The van der Waals surface area contributed by atoms with Crippen LogP contribution < -0.4 is 5.32 Å². The van der Waals surface area contributed by atoms with Crippen LogP contribution in [0.1, 0.15) is 24.5 Å². The van der Waals surface area contributed by atoms with Gasteiger partial charge >= 0.3 is 0 Å². The van der Waals surface area contributed by atoms with Crippen molar-refractivity contribution >= 4 is 15.9 Å². The first-order chi connectivity index (χ1) is 7.25. The number of aliphatic hydroxyl groups excluding tert-OH is 1. The van der Waals surface area contributed by atoms with Crippen LogP contribution in [0.5, 0.6) is 0 Å². The summed E-state index contributed by atoms with van der Waals surface area (Å²) < 4.78 is 1.02. The van der Waals surface area contributed by atoms with Crippen LogP contribution in [0.25, 0.3) is 0 Å². The normalized spacial score (nSPS) is 17.7. The van der Waals surface area contributed by atoms with E-state index in [1.54, 1.807) is 0 Å². The van der Waals surface area contributed by atoms with Crippen LogP contribution >= 0.6 is 15.9 Å². The van der Waals surface area contributed by atoms with E-state index in [1.165, 1.54) is 12.8 Å². The van der Waals surface area contributed by atoms with Crippen molar-refractivity contribution < 1.29 is 5.11 Å². The Balaban J connectivity index is 1.80. The summed E-state index contributed by atoms with van der Waals surface area (Å²) in [6.45, 7) is 1.69. The molecule has 2 nitrogen and oxygen atoms in total. The molecule has 0 saturated heterocycles. The van der Waals surface area contributed by atoms with Gasteiger partial charge in [0.15, 0.2) is 0 Å². The molecule has 0 spiro atoms. The maximum atomic E-state index is 9.89. The van der Waals surface area contributed by atoms with E-state index in [2.05, 4.69) is 21.2 Å². The minimum absolute atomic E-state index is 0.402. The van der Waals surface area contributed by atoms with Crippen molar-refractivity contribution in [3.8, 4) is 0 Å². The second-order valence-electron chi connectivity index (χ2n) is 4.17. The fourth-order valence-corrected chi connectivity index (χ4v) is 1.99. The zero-order valence-electron chi connectivity index (χ0n) is 8.62. The molecule has 1 atom stereocenters. The lowest BCUT2D eigenvalue weighted by atomic mass is 10.1. The lowest BCUT2D eigenvalue weighted by Crippen LogP contribution is -2.23. The van der Waals surface area contributed by atoms with Crippen molar-refractivity contribution in [1.82, 2.24) is 5.32 Å². The summed E-state index contributed by atoms with van der Waals surface area (Å²) >= 11 is 3.40. The first-order valence-electron chi connectivity index (χ1n) is 5.40. The zero-order chi connectivity index (χ0) is 10.7. The summed E-state index contributed by atoms with van der Waals surface area (Å²) in [6, 6.07) is 7.83. The van der Waals surface area contributed by atoms with E-state index < -0.39 is 6.10 Å². The molecule has 0 bridgehead atoms. The molecule has 0 heterocycles. The quantitative estimate of drug-likeness (QED) is 0.861. The maximum absolute atomic E-state index is 9.89. The third-order valence-electron chi connectivity index (χ3n) is 2.70. The van der Waals surface area contributed by atoms with Crippen LogP contribution in [0.4, 0.5) is 0 Å². The van der Waals surface area contributed by atoms with E-state index >= 15 is 0 Å². The summed E-state index contributed by atoms with van der Waals surface area (Å²) in [5.41, 5.74) is 0.965. The Morgan fingerprint density at radius 1 is 1.47 bits per heavy atom. The Kier molecular flexibility index (Phi) is 3.78. The molecule has 82 valence electrons. The third kappa shape index (κ3) is 3.59. The van der Waals surface area contributed by atoms with Crippen molar-refractivity contribution in [3.63, 3.8) is 0 Å². The van der Waals surface area contributed by atoms with Crippen LogP contribution in [-0.2, 0) is 0 Å². The Morgan fingerprint density at radius 2 is 2.27 bits per heavy atom. The van der Waals surface area contributed by atoms with Gasteiger partial charge in [-0.15, -0.1) is 0 Å². The maximum Gasteiger partial charge on any atom is 0.0914 e. The number of halogens is 1. The van der Waals surface area contributed by atoms with Crippen molar-refractivity contribution in [3.05, 3.63) is 34.3 Å². The van der Waals surface area contributed by atoms with Gasteiger partial charge < -0.3 is 10.4 Å². The van der Waals surface area contributed by atoms with Crippen LogP contribution in [0.2, 0.25) is 0 Å². The first kappa shape index (κ1) is 11.1. The average molecular weight is 270 g/mol. The standard InChI is InChI=1S/C12H16BrNO/c13-11-3-1-2-10(6-11)12(15)8-14-7-9-4-5-9/h1-3,6,9,12,14-15H,4-5,7-8H2. The molecule has 1 aliphatic rings. The second-order valence-corrected chi connectivity index (χ2v) is 5.09. The molecule has 1 fully saturated rings. The third-order valence-corrected chi connectivity index (χ3v) is 3.19. The highest BCUT2D eigenvalue weighted by atomic mass is 79.9. The molecule has 3 heteroatoms. The molecular formula is C12H16BrNO. The summed E-state index contributed by atoms with van der Waals surface area (Å²) in [5, 5.41) is 13.2. The van der Waals surface area contributed by atoms with Gasteiger partial charge in [-0.3, -0.25) is 0 Å². The molecule has 1 saturated carbocycles. The summed E-state index contributed by atoms with van der Waals surface area (Å²) in [7, 11) is 0. The summed E-state index contributed by atoms with van der Waals surface area (Å²) in [5.74, 6) is 0.861. The predicted octanol–water partition coefficient (Wildman–Crippen LogP) is 2.48. The van der Waals surface area contributed by atoms with Gasteiger partial charge in [0, 0.05) is 11.0 Å². The molecule has 1 aliphatic carbocycles. The summed E-state index contributed by atoms with van der Waals surface area (Å²) in [4.78, 5) is 0. The van der Waals surface area contributed by atoms with Gasteiger partial charge in [0.05, 0.1) is 6.10 Å². The van der Waals surface area contributed by atoms with Gasteiger partial charge in [0.1, 0.15) is 0 Å². The van der Waals surface area contributed by atoms with Crippen LogP contribution in [0.3, 0.4) is 0 Å². The first-order valence-corrected chi connectivity index (χ1v) is 6.19. The van der Waals surface area contributed by atoms with Crippen LogP contribution in [0.15, 0.2) is 28.7 Å². The Morgan fingerprint density at radius 3 is 2.93 bits per heavy atom. The second kappa shape index (κ2) is 5.10. The van der Waals surface area contributed by atoms with Crippen molar-refractivity contribution in [2.75, 3.05) is 13.1 Å². The number of benzene rings is 1. The molecule has 0 aliphatic heterocycles. The zero-order valence-corrected chi connectivity index (χ0v) is 10.2. The van der Waals surface area contributed by atoms with Crippen LogP contribution in [0, 0.1) is 5.92 Å². The Hall–Kier alpha value is -0.380. The van der Waals surface area contributed by atoms with Gasteiger partial charge in [-0.05, 0) is 43.0 Å². The van der Waals surface area contributed by atoms with Crippen molar-refractivity contribution in [1.29, 1.82) is 0 Å². The highest BCUT2D eigenvalue weighted by Gasteiger charge is 2.20. The molecule has 15 heavy (non-hydrogen) atoms. The number of aliphatic hydroxyl groups is 1. The largest absolute Gasteiger partial charge is 0.387 e. The van der Waals surface area contributed by atoms with Crippen LogP contribution in [-0.4, -0.2) is 18.2 Å². The summed E-state index contributed by atoms with van der Waals surface area (Å²) in [6.07, 6.45) is 2.29. The molecule has 2 N–H and O–H groups in total. The highest BCUT2D eigenvalue weighted by Crippen LogP contribution is 2.27. The predicted molar refractivity (Wildman–Crippen MR) is 64.7 cm³/mol. The van der Waals surface area contributed by atoms with E-state index in [9.17, 15) is 5.11 Å². The Labute approximate surface area is 98.8 Å². The fourth-order valence-electron chi connectivity index (χ4n) is 1.58. The molecular weight excluding hydrogens is 254 g/mol. The smallest absolute Gasteiger partial charge is 0.0914 e. The van der Waals surface area contributed by atoms with E-state index in [0.717, 1.165) is 22.5 Å². The molecule has 2 rings (SSSR count). The van der Waals surface area contributed by atoms with Crippen molar-refractivity contribution in [2.24, 2.45) is 5.92 Å². The van der Waals surface area contributed by atoms with E-state index in [4.69, 9.17) is 0 Å². The lowest BCUT2D eigenvalue weighted by molar-refractivity contribution is 0.174. The van der Waals surface area contributed by atoms with Gasteiger partial charge in [-0.2, -0.15) is 0 Å². The minimum Gasteiger partial charge on any atom is -0.387 e. The topological polar surface area (TPSA) is 32.3 Å². The van der Waals surface area contributed by atoms with E-state index in [1.807, 2.05) is 24.3 Å². The molecule has 1 unspecified atom stereocenters. The SMILES string of the molecule is OC(CNCC1CC1)c1cccc(Br)c1. The van der Waals surface area contributed by atoms with E-state index in [0.29, 0.717) is 6.54 Å². The van der Waals surface area contributed by atoms with E-state index in [-0.39, 0.29) is 0 Å². The lowest BCUT2D eigenvalue weighted by Gasteiger charge is -2.12. The Bertz CT molecular complexity index is 325. The van der Waals surface area contributed by atoms with Gasteiger partial charge in [0.2, 0.25) is 0 Å². The number of hydrogen-bond donors (Lipinski definition) is 2. The number of hydrogen-bond acceptors (Lipinski definition) is 2. The molecule has 0 amide bonds. The molecule has 1 aromatic carbocycles. The van der Waals surface area contributed by atoms with Crippen molar-refractivity contribution in [2.45, 2.75) is 18.9 Å². The fraction of sp³-hybridized carbons (Fsp3) is 0.500. The highest BCUT2D eigenvalue weighted by molar-refractivity contribution is 9.10. The van der Waals surface area contributed by atoms with Gasteiger partial charge in [0.25, 0.3) is 0 Å². The molecule has 0 aromatic heterocycles. The number of nitrogens with one attached hydrogen (secondary N) is 1. The minimum atomic E-state index is -0.402. The number of rotatable bonds is 5. The van der Waals surface area contributed by atoms with Gasteiger partial charge in [-0.1, -0.05) is 28.1 Å². The molecule has 1 aromatic rings. The molecule has 0 radical (unpaired) electrons. The monoisotopic (exact) mass is 269 g/mol. The van der Waals surface area contributed by atoms with Gasteiger partial charge in [-0.25, -0.2) is 0 Å². The average Bonchev–Trinajstić information content (AvgIpc) is 3.01.